The van der Waals surface area contributed by atoms with E-state index in [1.54, 1.807) is 19.3 Å². The van der Waals surface area contributed by atoms with Crippen molar-refractivity contribution >= 4 is 22.5 Å². The van der Waals surface area contributed by atoms with Gasteiger partial charge in [0, 0.05) is 29.9 Å². The maximum Gasteiger partial charge on any atom is 0.321 e. The minimum atomic E-state index is -0.911. The molecule has 0 fully saturated rings. The molecule has 24 heavy (non-hydrogen) atoms. The summed E-state index contributed by atoms with van der Waals surface area (Å²) in [6.45, 7) is 6.16. The molecule has 0 aliphatic carbocycles. The number of thiazole rings is 1. The van der Waals surface area contributed by atoms with Crippen LogP contribution in [0.4, 0.5) is 9.93 Å². The third-order valence-corrected chi connectivity index (χ3v) is 4.33. The number of hydrogen-bond acceptors (Lipinski definition) is 5. The topological polar surface area (TPSA) is 87.1 Å². The molecule has 7 heteroatoms. The van der Waals surface area contributed by atoms with Crippen molar-refractivity contribution < 1.29 is 9.90 Å². The van der Waals surface area contributed by atoms with Gasteiger partial charge in [0.25, 0.3) is 0 Å². The zero-order chi connectivity index (χ0) is 17.6. The van der Waals surface area contributed by atoms with Gasteiger partial charge in [-0.3, -0.25) is 10.3 Å². The molecule has 0 radical (unpaired) electrons. The molecule has 6 nitrogen and oxygen atoms in total. The van der Waals surface area contributed by atoms with E-state index >= 15 is 0 Å². The summed E-state index contributed by atoms with van der Waals surface area (Å²) < 4.78 is 0. The SMILES string of the molecule is CC(C)CCC(C)(O)CNC(=O)Nc1nc(-c2cccnc2)cs1. The van der Waals surface area contributed by atoms with Crippen molar-refractivity contribution in [3.63, 3.8) is 0 Å². The molecule has 0 aliphatic rings. The number of rotatable bonds is 7. The molecule has 2 aromatic heterocycles. The number of carbonyl (C=O) groups is 1. The molecule has 0 saturated heterocycles. The molecule has 0 aliphatic heterocycles. The van der Waals surface area contributed by atoms with Crippen LogP contribution in [0.5, 0.6) is 0 Å². The fourth-order valence-corrected chi connectivity index (χ4v) is 2.79. The Balaban J connectivity index is 1.84. The lowest BCUT2D eigenvalue weighted by atomic mass is 9.95. The van der Waals surface area contributed by atoms with Crippen LogP contribution >= 0.6 is 11.3 Å². The third kappa shape index (κ3) is 5.90. The molecule has 2 amide bonds. The van der Waals surface area contributed by atoms with Crippen molar-refractivity contribution in [3.8, 4) is 11.3 Å². The van der Waals surface area contributed by atoms with Gasteiger partial charge in [-0.2, -0.15) is 0 Å². The van der Waals surface area contributed by atoms with Gasteiger partial charge in [0.2, 0.25) is 0 Å². The number of amides is 2. The monoisotopic (exact) mass is 348 g/mol. The van der Waals surface area contributed by atoms with Gasteiger partial charge < -0.3 is 10.4 Å². The highest BCUT2D eigenvalue weighted by Crippen LogP contribution is 2.24. The van der Waals surface area contributed by atoms with E-state index in [1.165, 1.54) is 11.3 Å². The van der Waals surface area contributed by atoms with Gasteiger partial charge in [0.15, 0.2) is 5.13 Å². The zero-order valence-corrected chi connectivity index (χ0v) is 15.1. The number of anilines is 1. The van der Waals surface area contributed by atoms with Crippen molar-refractivity contribution in [2.75, 3.05) is 11.9 Å². The summed E-state index contributed by atoms with van der Waals surface area (Å²) in [4.78, 5) is 20.4. The summed E-state index contributed by atoms with van der Waals surface area (Å²) in [5.41, 5.74) is 0.761. The van der Waals surface area contributed by atoms with E-state index in [1.807, 2.05) is 17.5 Å². The molecule has 2 aromatic rings. The average Bonchev–Trinajstić information content (AvgIpc) is 3.01. The normalized spacial score (nSPS) is 13.5. The van der Waals surface area contributed by atoms with Crippen molar-refractivity contribution in [1.82, 2.24) is 15.3 Å². The van der Waals surface area contributed by atoms with E-state index in [4.69, 9.17) is 0 Å². The van der Waals surface area contributed by atoms with Crippen LogP contribution in [-0.2, 0) is 0 Å². The van der Waals surface area contributed by atoms with Crippen LogP contribution in [-0.4, -0.2) is 33.3 Å². The number of pyridine rings is 1. The molecule has 3 N–H and O–H groups in total. The number of hydrogen-bond donors (Lipinski definition) is 3. The van der Waals surface area contributed by atoms with Gasteiger partial charge in [-0.05, 0) is 37.8 Å². The van der Waals surface area contributed by atoms with Crippen LogP contribution < -0.4 is 10.6 Å². The molecule has 2 rings (SSSR count). The summed E-state index contributed by atoms with van der Waals surface area (Å²) >= 11 is 1.35. The third-order valence-electron chi connectivity index (χ3n) is 3.57. The van der Waals surface area contributed by atoms with Gasteiger partial charge in [0.05, 0.1) is 11.3 Å². The van der Waals surface area contributed by atoms with Crippen molar-refractivity contribution in [3.05, 3.63) is 29.9 Å². The first-order valence-electron chi connectivity index (χ1n) is 7.99. The molecule has 1 atom stereocenters. The summed E-state index contributed by atoms with van der Waals surface area (Å²) in [6, 6.07) is 3.39. The highest BCUT2D eigenvalue weighted by molar-refractivity contribution is 7.14. The second-order valence-corrected chi connectivity index (χ2v) is 7.37. The highest BCUT2D eigenvalue weighted by atomic mass is 32.1. The predicted octanol–water partition coefficient (Wildman–Crippen LogP) is 3.51. The van der Waals surface area contributed by atoms with Gasteiger partial charge in [-0.25, -0.2) is 9.78 Å². The van der Waals surface area contributed by atoms with Crippen molar-refractivity contribution in [2.24, 2.45) is 5.92 Å². The minimum Gasteiger partial charge on any atom is -0.388 e. The molecular weight excluding hydrogens is 324 g/mol. The Bertz CT molecular complexity index is 656. The van der Waals surface area contributed by atoms with Crippen LogP contribution in [0, 0.1) is 5.92 Å². The zero-order valence-electron chi connectivity index (χ0n) is 14.2. The summed E-state index contributed by atoms with van der Waals surface area (Å²) in [5.74, 6) is 0.520. The van der Waals surface area contributed by atoms with Gasteiger partial charge in [-0.15, -0.1) is 11.3 Å². The lowest BCUT2D eigenvalue weighted by molar-refractivity contribution is 0.0481. The van der Waals surface area contributed by atoms with E-state index < -0.39 is 5.60 Å². The largest absolute Gasteiger partial charge is 0.388 e. The van der Waals surface area contributed by atoms with E-state index in [9.17, 15) is 9.90 Å². The van der Waals surface area contributed by atoms with Crippen LogP contribution in [0.3, 0.4) is 0 Å². The number of nitrogens with one attached hydrogen (secondary N) is 2. The predicted molar refractivity (Wildman–Crippen MR) is 97.1 cm³/mol. The molecule has 0 bridgehead atoms. The fraction of sp³-hybridized carbons (Fsp3) is 0.471. The molecule has 2 heterocycles. The maximum absolute atomic E-state index is 12.0. The molecule has 1 unspecified atom stereocenters. The van der Waals surface area contributed by atoms with E-state index in [2.05, 4.69) is 34.4 Å². The van der Waals surface area contributed by atoms with Gasteiger partial charge in [-0.1, -0.05) is 13.8 Å². The second-order valence-electron chi connectivity index (χ2n) is 6.52. The smallest absolute Gasteiger partial charge is 0.321 e. The number of aromatic nitrogens is 2. The lowest BCUT2D eigenvalue weighted by Gasteiger charge is -2.24. The molecule has 0 aromatic carbocycles. The minimum absolute atomic E-state index is 0.201. The summed E-state index contributed by atoms with van der Waals surface area (Å²) in [5, 5.41) is 18.0. The van der Waals surface area contributed by atoms with E-state index in [-0.39, 0.29) is 12.6 Å². The van der Waals surface area contributed by atoms with E-state index in [0.717, 1.165) is 17.7 Å². The Hall–Kier alpha value is -1.99. The first-order valence-corrected chi connectivity index (χ1v) is 8.87. The van der Waals surface area contributed by atoms with Crippen LogP contribution in [0.25, 0.3) is 11.3 Å². The highest BCUT2D eigenvalue weighted by Gasteiger charge is 2.21. The maximum atomic E-state index is 12.0. The molecular formula is C17H24N4O2S. The average molecular weight is 348 g/mol. The molecule has 130 valence electrons. The van der Waals surface area contributed by atoms with E-state index in [0.29, 0.717) is 17.5 Å². The summed E-state index contributed by atoms with van der Waals surface area (Å²) in [7, 11) is 0. The Labute approximate surface area is 146 Å². The van der Waals surface area contributed by atoms with Crippen molar-refractivity contribution in [1.29, 1.82) is 0 Å². The Morgan fingerprint density at radius 3 is 2.92 bits per heavy atom. The molecule has 0 spiro atoms. The van der Waals surface area contributed by atoms with Gasteiger partial charge in [0.1, 0.15) is 0 Å². The van der Waals surface area contributed by atoms with Gasteiger partial charge >= 0.3 is 6.03 Å². The van der Waals surface area contributed by atoms with Crippen LogP contribution in [0.1, 0.15) is 33.6 Å². The Morgan fingerprint density at radius 1 is 1.46 bits per heavy atom. The lowest BCUT2D eigenvalue weighted by Crippen LogP contribution is -2.42. The summed E-state index contributed by atoms with van der Waals surface area (Å²) in [6.07, 6.45) is 4.99. The Kier molecular flexibility index (Phi) is 6.28. The number of urea groups is 1. The Morgan fingerprint density at radius 2 is 2.25 bits per heavy atom. The van der Waals surface area contributed by atoms with Crippen LogP contribution in [0.2, 0.25) is 0 Å². The first-order chi connectivity index (χ1) is 11.4. The molecule has 0 saturated carbocycles. The standard InChI is InChI=1S/C17H24N4O2S/c1-12(2)6-7-17(3,23)11-19-15(22)21-16-20-14(10-24-16)13-5-4-8-18-9-13/h4-5,8-10,12,23H,6-7,11H2,1-3H3,(H2,19,20,21,22). The van der Waals surface area contributed by atoms with Crippen molar-refractivity contribution in [2.45, 2.75) is 39.2 Å². The number of nitrogens with zero attached hydrogens (tertiary/aromatic N) is 2. The van der Waals surface area contributed by atoms with Crippen LogP contribution in [0.15, 0.2) is 29.9 Å². The number of aliphatic hydroxyl groups is 1. The first kappa shape index (κ1) is 18.4. The quantitative estimate of drug-likeness (QED) is 0.714. The number of carbonyl (C=O) groups excluding carboxylic acids is 1. The second kappa shape index (κ2) is 8.21. The fourth-order valence-electron chi connectivity index (χ4n) is 2.08.